The van der Waals surface area contributed by atoms with Gasteiger partial charge in [-0.1, -0.05) is 0 Å². The van der Waals surface area contributed by atoms with E-state index in [0.717, 1.165) is 6.07 Å². The summed E-state index contributed by atoms with van der Waals surface area (Å²) in [6.45, 7) is 1.68. The molecule has 0 spiro atoms. The number of phenolic OH excluding ortho intramolecular Hbond substituents is 3. The molecule has 0 heterocycles. The van der Waals surface area contributed by atoms with Crippen LogP contribution in [0, 0.1) is 6.92 Å². The van der Waals surface area contributed by atoms with Crippen molar-refractivity contribution < 1.29 is 29.6 Å². The first-order valence-electron chi connectivity index (χ1n) is 6.42. The Balaban J connectivity index is 2.39. The third kappa shape index (κ3) is 1.67. The lowest BCUT2D eigenvalue weighted by atomic mass is 9.82. The van der Waals surface area contributed by atoms with Crippen LogP contribution in [0.15, 0.2) is 18.2 Å². The van der Waals surface area contributed by atoms with Crippen molar-refractivity contribution in [1.29, 1.82) is 0 Å². The number of aromatic hydroxyl groups is 3. The standard InChI is InChI=1S/C16H12O6/c1-6-3-7-11(9(17)4-6)14(20)12-8(13(7)19)5-10(18)16(22-2)15(12)21/h3-5,17-18,21H,1-2H3. The van der Waals surface area contributed by atoms with Crippen LogP contribution in [0.4, 0.5) is 0 Å². The number of methoxy groups -OCH3 is 1. The number of hydrogen-bond donors (Lipinski definition) is 3. The van der Waals surface area contributed by atoms with E-state index < -0.39 is 23.1 Å². The summed E-state index contributed by atoms with van der Waals surface area (Å²) in [4.78, 5) is 25.1. The maximum absolute atomic E-state index is 12.6. The molecule has 2 aromatic carbocycles. The fourth-order valence-electron chi connectivity index (χ4n) is 2.70. The zero-order valence-corrected chi connectivity index (χ0v) is 11.8. The van der Waals surface area contributed by atoms with Crippen molar-refractivity contribution in [3.63, 3.8) is 0 Å². The highest BCUT2D eigenvalue weighted by molar-refractivity contribution is 6.30. The Morgan fingerprint density at radius 3 is 2.14 bits per heavy atom. The van der Waals surface area contributed by atoms with E-state index in [0.29, 0.717) is 5.56 Å². The van der Waals surface area contributed by atoms with Crippen LogP contribution in [0.5, 0.6) is 23.0 Å². The van der Waals surface area contributed by atoms with E-state index in [1.807, 2.05) is 0 Å². The normalized spacial score (nSPS) is 12.8. The minimum atomic E-state index is -0.696. The van der Waals surface area contributed by atoms with Gasteiger partial charge in [0.05, 0.1) is 18.2 Å². The smallest absolute Gasteiger partial charge is 0.203 e. The summed E-state index contributed by atoms with van der Waals surface area (Å²) < 4.78 is 4.84. The van der Waals surface area contributed by atoms with Crippen molar-refractivity contribution in [3.05, 3.63) is 46.0 Å². The first-order valence-corrected chi connectivity index (χ1v) is 6.42. The number of fused-ring (bicyclic) bond motifs is 2. The molecule has 0 bridgehead atoms. The molecule has 0 amide bonds. The summed E-state index contributed by atoms with van der Waals surface area (Å²) in [5, 5.41) is 29.9. The Morgan fingerprint density at radius 2 is 1.50 bits per heavy atom. The second kappa shape index (κ2) is 4.49. The molecule has 0 saturated heterocycles. The van der Waals surface area contributed by atoms with Crippen molar-refractivity contribution >= 4 is 11.6 Å². The summed E-state index contributed by atoms with van der Waals surface area (Å²) in [6, 6.07) is 3.93. The molecule has 0 aromatic heterocycles. The van der Waals surface area contributed by atoms with E-state index in [-0.39, 0.29) is 33.8 Å². The molecule has 3 N–H and O–H groups in total. The van der Waals surface area contributed by atoms with Gasteiger partial charge in [-0.25, -0.2) is 0 Å². The van der Waals surface area contributed by atoms with Crippen molar-refractivity contribution in [3.8, 4) is 23.0 Å². The highest BCUT2D eigenvalue weighted by Gasteiger charge is 2.36. The predicted octanol–water partition coefficient (Wildman–Crippen LogP) is 1.90. The lowest BCUT2D eigenvalue weighted by molar-refractivity contribution is 0.0973. The summed E-state index contributed by atoms with van der Waals surface area (Å²) in [7, 11) is 1.21. The molecule has 22 heavy (non-hydrogen) atoms. The number of aryl methyl sites for hydroxylation is 1. The van der Waals surface area contributed by atoms with Gasteiger partial charge in [-0.2, -0.15) is 0 Å². The molecule has 0 fully saturated rings. The van der Waals surface area contributed by atoms with Crippen molar-refractivity contribution in [1.82, 2.24) is 0 Å². The third-order valence-corrected chi connectivity index (χ3v) is 3.64. The lowest BCUT2D eigenvalue weighted by Gasteiger charge is -2.21. The average molecular weight is 300 g/mol. The Hall–Kier alpha value is -3.02. The predicted molar refractivity (Wildman–Crippen MR) is 76.0 cm³/mol. The molecule has 0 saturated carbocycles. The number of carbonyl (C=O) groups is 2. The Morgan fingerprint density at radius 1 is 0.864 bits per heavy atom. The van der Waals surface area contributed by atoms with Gasteiger partial charge in [0.1, 0.15) is 5.75 Å². The molecule has 1 aliphatic carbocycles. The molecule has 6 nitrogen and oxygen atoms in total. The maximum Gasteiger partial charge on any atom is 0.203 e. The fourth-order valence-corrected chi connectivity index (χ4v) is 2.70. The molecular weight excluding hydrogens is 288 g/mol. The van der Waals surface area contributed by atoms with Gasteiger partial charge in [0, 0.05) is 11.1 Å². The van der Waals surface area contributed by atoms with Gasteiger partial charge >= 0.3 is 0 Å². The first-order chi connectivity index (χ1) is 10.4. The van der Waals surface area contributed by atoms with Crippen LogP contribution in [0.1, 0.15) is 37.4 Å². The maximum atomic E-state index is 12.6. The minimum Gasteiger partial charge on any atom is -0.507 e. The third-order valence-electron chi connectivity index (χ3n) is 3.64. The number of phenols is 3. The SMILES string of the molecule is COc1c(O)cc2c(c1O)C(=O)c1c(O)cc(C)cc1C2=O. The number of rotatable bonds is 1. The van der Waals surface area contributed by atoms with Crippen LogP contribution in [0.25, 0.3) is 0 Å². The van der Waals surface area contributed by atoms with Crippen molar-refractivity contribution in [2.45, 2.75) is 6.92 Å². The minimum absolute atomic E-state index is 0.0407. The second-order valence-corrected chi connectivity index (χ2v) is 5.06. The zero-order valence-electron chi connectivity index (χ0n) is 11.8. The van der Waals surface area contributed by atoms with E-state index in [1.54, 1.807) is 6.92 Å². The van der Waals surface area contributed by atoms with Crippen LogP contribution in [-0.2, 0) is 0 Å². The number of hydrogen-bond acceptors (Lipinski definition) is 6. The molecule has 0 unspecified atom stereocenters. The van der Waals surface area contributed by atoms with E-state index >= 15 is 0 Å². The zero-order chi connectivity index (χ0) is 16.2. The highest BCUT2D eigenvalue weighted by Crippen LogP contribution is 2.45. The van der Waals surface area contributed by atoms with Gasteiger partial charge in [0.25, 0.3) is 0 Å². The Kier molecular flexibility index (Phi) is 2.84. The van der Waals surface area contributed by atoms with Gasteiger partial charge in [0.15, 0.2) is 17.3 Å². The second-order valence-electron chi connectivity index (χ2n) is 5.06. The molecule has 0 aliphatic heterocycles. The van der Waals surface area contributed by atoms with Crippen molar-refractivity contribution in [2.75, 3.05) is 7.11 Å². The molecule has 6 heteroatoms. The van der Waals surface area contributed by atoms with Crippen LogP contribution in [-0.4, -0.2) is 34.0 Å². The molecule has 112 valence electrons. The lowest BCUT2D eigenvalue weighted by Crippen LogP contribution is -2.21. The van der Waals surface area contributed by atoms with Crippen LogP contribution >= 0.6 is 0 Å². The molecule has 1 aliphatic rings. The summed E-state index contributed by atoms with van der Waals surface area (Å²) >= 11 is 0. The summed E-state index contributed by atoms with van der Waals surface area (Å²) in [5.74, 6) is -2.95. The summed E-state index contributed by atoms with van der Waals surface area (Å²) in [5.41, 5.74) is 0.0810. The fraction of sp³-hybridized carbons (Fsp3) is 0.125. The van der Waals surface area contributed by atoms with Gasteiger partial charge in [0.2, 0.25) is 11.5 Å². The Labute approximate surface area is 125 Å². The van der Waals surface area contributed by atoms with E-state index in [9.17, 15) is 24.9 Å². The van der Waals surface area contributed by atoms with Gasteiger partial charge in [-0.15, -0.1) is 0 Å². The quantitative estimate of drug-likeness (QED) is 0.634. The Bertz CT molecular complexity index is 850. The number of carbonyl (C=O) groups excluding carboxylic acids is 2. The largest absolute Gasteiger partial charge is 0.507 e. The van der Waals surface area contributed by atoms with Crippen molar-refractivity contribution in [2.24, 2.45) is 0 Å². The monoisotopic (exact) mass is 300 g/mol. The van der Waals surface area contributed by atoms with Gasteiger partial charge < -0.3 is 20.1 Å². The van der Waals surface area contributed by atoms with E-state index in [2.05, 4.69) is 0 Å². The average Bonchev–Trinajstić information content (AvgIpc) is 2.43. The van der Waals surface area contributed by atoms with Crippen LogP contribution in [0.3, 0.4) is 0 Å². The molecule has 3 rings (SSSR count). The summed E-state index contributed by atoms with van der Waals surface area (Å²) in [6.07, 6.45) is 0. The first kappa shape index (κ1) is 13.9. The molecule has 0 radical (unpaired) electrons. The number of ketones is 2. The van der Waals surface area contributed by atoms with Crippen LogP contribution in [0.2, 0.25) is 0 Å². The number of ether oxygens (including phenoxy) is 1. The molecule has 2 aromatic rings. The van der Waals surface area contributed by atoms with Crippen LogP contribution < -0.4 is 4.74 Å². The van der Waals surface area contributed by atoms with Gasteiger partial charge in [-0.3, -0.25) is 9.59 Å². The van der Waals surface area contributed by atoms with Gasteiger partial charge in [-0.05, 0) is 30.7 Å². The highest BCUT2D eigenvalue weighted by atomic mass is 16.5. The number of benzene rings is 2. The topological polar surface area (TPSA) is 104 Å². The van der Waals surface area contributed by atoms with E-state index in [1.165, 1.54) is 19.2 Å². The van der Waals surface area contributed by atoms with E-state index in [4.69, 9.17) is 4.74 Å². The molecular formula is C16H12O6. The molecule has 0 atom stereocenters.